The van der Waals surface area contributed by atoms with Crippen molar-refractivity contribution in [2.75, 3.05) is 30.9 Å². The predicted molar refractivity (Wildman–Crippen MR) is 133 cm³/mol. The van der Waals surface area contributed by atoms with E-state index in [1.807, 2.05) is 49.3 Å². The summed E-state index contributed by atoms with van der Waals surface area (Å²) in [7, 11) is 3.89. The second-order valence-corrected chi connectivity index (χ2v) is 8.96. The van der Waals surface area contributed by atoms with Crippen LogP contribution in [0.3, 0.4) is 0 Å². The van der Waals surface area contributed by atoms with Gasteiger partial charge in [-0.3, -0.25) is 4.79 Å². The highest BCUT2D eigenvalue weighted by atomic mass is 35.5. The van der Waals surface area contributed by atoms with E-state index < -0.39 is 0 Å². The van der Waals surface area contributed by atoms with Crippen molar-refractivity contribution in [1.82, 2.24) is 10.3 Å². The average molecular weight is 466 g/mol. The van der Waals surface area contributed by atoms with Gasteiger partial charge in [0.15, 0.2) is 0 Å². The molecular weight excluding hydrogens is 431 g/mol. The Morgan fingerprint density at radius 1 is 1.03 bits per heavy atom. The number of benzene rings is 1. The molecule has 166 valence electrons. The molecule has 0 radical (unpaired) electrons. The summed E-state index contributed by atoms with van der Waals surface area (Å²) in [6.07, 6.45) is 0.982. The molecule has 2 rings (SSSR count). The van der Waals surface area contributed by atoms with Crippen LogP contribution in [0, 0.1) is 5.41 Å². The number of nitrogens with one attached hydrogen (secondary N) is 2. The SMILES string of the molecule is CN(C)c1cc(NC(=O)CNC(C)(C)CC(C)(C)C)c2ccccc2n1.Cl.Cl.Cl. The fourth-order valence-corrected chi connectivity index (χ4v) is 3.40. The van der Waals surface area contributed by atoms with E-state index in [0.717, 1.165) is 28.8 Å². The van der Waals surface area contributed by atoms with Crippen LogP contribution < -0.4 is 15.5 Å². The highest BCUT2D eigenvalue weighted by molar-refractivity contribution is 6.02. The Balaban J connectivity index is 0. The number of amides is 1. The Hall–Kier alpha value is -1.27. The van der Waals surface area contributed by atoms with E-state index in [4.69, 9.17) is 0 Å². The molecule has 2 N–H and O–H groups in total. The first-order valence-electron chi connectivity index (χ1n) is 9.09. The molecule has 1 amide bonds. The quantitative estimate of drug-likeness (QED) is 0.607. The van der Waals surface area contributed by atoms with Crippen molar-refractivity contribution >= 4 is 65.5 Å². The van der Waals surface area contributed by atoms with Crippen LogP contribution in [0.15, 0.2) is 30.3 Å². The molecule has 1 aromatic heterocycles. The Morgan fingerprint density at radius 3 is 2.17 bits per heavy atom. The van der Waals surface area contributed by atoms with Gasteiger partial charge in [0.25, 0.3) is 0 Å². The van der Waals surface area contributed by atoms with E-state index in [9.17, 15) is 4.79 Å². The van der Waals surface area contributed by atoms with Gasteiger partial charge in [-0.2, -0.15) is 0 Å². The summed E-state index contributed by atoms with van der Waals surface area (Å²) in [4.78, 5) is 19.1. The lowest BCUT2D eigenvalue weighted by Crippen LogP contribution is -2.45. The normalized spacial score (nSPS) is 11.0. The van der Waals surface area contributed by atoms with Crippen LogP contribution in [0.5, 0.6) is 0 Å². The van der Waals surface area contributed by atoms with Gasteiger partial charge in [-0.15, -0.1) is 37.2 Å². The van der Waals surface area contributed by atoms with Crippen molar-refractivity contribution in [3.05, 3.63) is 30.3 Å². The first kappa shape index (κ1) is 29.9. The Labute approximate surface area is 193 Å². The lowest BCUT2D eigenvalue weighted by molar-refractivity contribution is -0.115. The summed E-state index contributed by atoms with van der Waals surface area (Å²) in [6, 6.07) is 9.77. The van der Waals surface area contributed by atoms with E-state index in [0.29, 0.717) is 0 Å². The molecule has 29 heavy (non-hydrogen) atoms. The molecule has 0 aliphatic carbocycles. The summed E-state index contributed by atoms with van der Waals surface area (Å²) in [5, 5.41) is 7.38. The molecule has 0 unspecified atom stereocenters. The number of rotatable bonds is 6. The van der Waals surface area contributed by atoms with Gasteiger partial charge in [-0.1, -0.05) is 39.0 Å². The Kier molecular flexibility index (Phi) is 12.2. The Bertz CT molecular complexity index is 789. The van der Waals surface area contributed by atoms with Gasteiger partial charge >= 0.3 is 0 Å². The largest absolute Gasteiger partial charge is 0.363 e. The molecular formula is C21H35Cl3N4O. The summed E-state index contributed by atoms with van der Waals surface area (Å²) in [6.45, 7) is 11.2. The van der Waals surface area contributed by atoms with Gasteiger partial charge in [-0.05, 0) is 31.7 Å². The van der Waals surface area contributed by atoms with Crippen LogP contribution in [0.1, 0.15) is 41.0 Å². The molecule has 0 aliphatic heterocycles. The maximum absolute atomic E-state index is 12.5. The number of carbonyl (C=O) groups excluding carboxylic acids is 1. The highest BCUT2D eigenvalue weighted by Crippen LogP contribution is 2.28. The van der Waals surface area contributed by atoms with Crippen LogP contribution in [0.25, 0.3) is 10.9 Å². The van der Waals surface area contributed by atoms with Crippen LogP contribution in [0.2, 0.25) is 0 Å². The molecule has 1 heterocycles. The number of anilines is 2. The number of fused-ring (bicyclic) bond motifs is 1. The van der Waals surface area contributed by atoms with E-state index in [1.54, 1.807) is 0 Å². The second-order valence-electron chi connectivity index (χ2n) is 8.96. The number of nitrogens with zero attached hydrogens (tertiary/aromatic N) is 2. The maximum atomic E-state index is 12.5. The number of aromatic nitrogens is 1. The zero-order chi connectivity index (χ0) is 19.5. The highest BCUT2D eigenvalue weighted by Gasteiger charge is 2.25. The number of carbonyl (C=O) groups is 1. The molecule has 2 aromatic rings. The van der Waals surface area contributed by atoms with E-state index in [2.05, 4.69) is 50.2 Å². The first-order valence-corrected chi connectivity index (χ1v) is 9.09. The van der Waals surface area contributed by atoms with Gasteiger partial charge < -0.3 is 15.5 Å². The third-order valence-electron chi connectivity index (χ3n) is 4.13. The summed E-state index contributed by atoms with van der Waals surface area (Å²) in [5.74, 6) is 0.771. The monoisotopic (exact) mass is 464 g/mol. The van der Waals surface area contributed by atoms with Gasteiger partial charge in [0, 0.05) is 31.1 Å². The van der Waals surface area contributed by atoms with E-state index in [-0.39, 0.29) is 60.6 Å². The van der Waals surface area contributed by atoms with Crippen LogP contribution in [0.4, 0.5) is 11.5 Å². The number of halogens is 3. The lowest BCUT2D eigenvalue weighted by atomic mass is 9.82. The van der Waals surface area contributed by atoms with Gasteiger partial charge in [0.05, 0.1) is 17.7 Å². The Morgan fingerprint density at radius 2 is 1.62 bits per heavy atom. The predicted octanol–water partition coefficient (Wildman–Crippen LogP) is 5.31. The number of pyridine rings is 1. The smallest absolute Gasteiger partial charge is 0.238 e. The molecule has 0 fully saturated rings. The van der Waals surface area contributed by atoms with Crippen LogP contribution >= 0.6 is 37.2 Å². The third kappa shape index (κ3) is 9.39. The zero-order valence-electron chi connectivity index (χ0n) is 18.3. The fourth-order valence-electron chi connectivity index (χ4n) is 3.40. The minimum absolute atomic E-state index is 0. The van der Waals surface area contributed by atoms with Gasteiger partial charge in [-0.25, -0.2) is 4.98 Å². The summed E-state index contributed by atoms with van der Waals surface area (Å²) < 4.78 is 0. The molecule has 0 spiro atoms. The van der Waals surface area contributed by atoms with Crippen LogP contribution in [-0.2, 0) is 4.79 Å². The number of hydrogen-bond donors (Lipinski definition) is 2. The van der Waals surface area contributed by atoms with Crippen molar-refractivity contribution in [2.24, 2.45) is 5.41 Å². The molecule has 0 aliphatic rings. The maximum Gasteiger partial charge on any atom is 0.238 e. The first-order chi connectivity index (χ1) is 12.0. The lowest BCUT2D eigenvalue weighted by Gasteiger charge is -2.33. The zero-order valence-corrected chi connectivity index (χ0v) is 20.8. The molecule has 1 aromatic carbocycles. The third-order valence-corrected chi connectivity index (χ3v) is 4.13. The van der Waals surface area contributed by atoms with Crippen molar-refractivity contribution in [2.45, 2.75) is 46.6 Å². The fraction of sp³-hybridized carbons (Fsp3) is 0.524. The molecule has 0 saturated carbocycles. The van der Waals surface area contributed by atoms with Crippen molar-refractivity contribution < 1.29 is 4.79 Å². The molecule has 8 heteroatoms. The van der Waals surface area contributed by atoms with Crippen LogP contribution in [-0.4, -0.2) is 37.1 Å². The average Bonchev–Trinajstić information content (AvgIpc) is 2.50. The summed E-state index contributed by atoms with van der Waals surface area (Å²) >= 11 is 0. The van der Waals surface area contributed by atoms with Crippen molar-refractivity contribution in [3.8, 4) is 0 Å². The van der Waals surface area contributed by atoms with Crippen molar-refractivity contribution in [1.29, 1.82) is 0 Å². The van der Waals surface area contributed by atoms with Crippen molar-refractivity contribution in [3.63, 3.8) is 0 Å². The second kappa shape index (κ2) is 11.8. The molecule has 0 atom stereocenters. The van der Waals surface area contributed by atoms with E-state index >= 15 is 0 Å². The summed E-state index contributed by atoms with van der Waals surface area (Å²) in [5.41, 5.74) is 1.76. The number of para-hydroxylation sites is 1. The molecule has 0 bridgehead atoms. The van der Waals surface area contributed by atoms with Gasteiger partial charge in [0.1, 0.15) is 5.82 Å². The minimum Gasteiger partial charge on any atom is -0.363 e. The molecule has 5 nitrogen and oxygen atoms in total. The van der Waals surface area contributed by atoms with Gasteiger partial charge in [0.2, 0.25) is 5.91 Å². The minimum atomic E-state index is -0.106. The topological polar surface area (TPSA) is 57.3 Å². The standard InChI is InChI=1S/C21H32N4O.3ClH/c1-20(2,3)14-21(4,5)22-13-19(26)24-17-12-18(25(6)7)23-16-11-9-8-10-15(16)17;;;/h8-12,22H,13-14H2,1-7H3,(H,23,24,26);3*1H. The number of hydrogen-bond acceptors (Lipinski definition) is 4. The molecule has 0 saturated heterocycles. The van der Waals surface area contributed by atoms with E-state index in [1.165, 1.54) is 0 Å².